The Balaban J connectivity index is 2.24. The highest BCUT2D eigenvalue weighted by atomic mass is 79.9. The number of benzene rings is 3. The monoisotopic (exact) mass is 400 g/mol. The number of carboxylic acids is 2. The number of hydrogen-bond donors (Lipinski definition) is 3. The quantitative estimate of drug-likeness (QED) is 0.606. The molecule has 3 N–H and O–H groups in total. The Labute approximate surface area is 151 Å². The van der Waals surface area contributed by atoms with Crippen LogP contribution in [0, 0.1) is 0 Å². The van der Waals surface area contributed by atoms with Crippen LogP contribution < -0.4 is 0 Å². The summed E-state index contributed by atoms with van der Waals surface area (Å²) in [5, 5.41) is 29.6. The lowest BCUT2D eigenvalue weighted by Crippen LogP contribution is -2.02. The van der Waals surface area contributed by atoms with Gasteiger partial charge in [-0.2, -0.15) is 0 Å². The Morgan fingerprint density at radius 3 is 2.16 bits per heavy atom. The van der Waals surface area contributed by atoms with Crippen LogP contribution in [0.4, 0.5) is 0 Å². The fraction of sp³-hybridized carbons (Fsp3) is 0.0526. The van der Waals surface area contributed by atoms with Gasteiger partial charge in [0.2, 0.25) is 0 Å². The number of halogens is 1. The minimum Gasteiger partial charge on any atom is -0.506 e. The van der Waals surface area contributed by atoms with Crippen molar-refractivity contribution in [3.05, 3.63) is 75.3 Å². The number of aromatic hydroxyl groups is 1. The first-order valence-electron chi connectivity index (χ1n) is 7.36. The summed E-state index contributed by atoms with van der Waals surface area (Å²) in [6, 6.07) is 13.2. The van der Waals surface area contributed by atoms with Crippen LogP contribution in [0.25, 0.3) is 10.8 Å². The van der Waals surface area contributed by atoms with Crippen LogP contribution in [-0.4, -0.2) is 27.3 Å². The molecular weight excluding hydrogens is 388 g/mol. The standard InChI is InChI=1S/C19H13BrO5/c20-13-4-1-10(2-5-13)7-12-9-16(19(24)25)17(21)14-6-3-11(18(22)23)8-15(12)14/h1-6,8-9,21H,7H2,(H,22,23)(H,24,25). The van der Waals surface area contributed by atoms with Gasteiger partial charge in [0, 0.05) is 9.86 Å². The molecule has 25 heavy (non-hydrogen) atoms. The summed E-state index contributed by atoms with van der Waals surface area (Å²) in [6.45, 7) is 0. The third-order valence-electron chi connectivity index (χ3n) is 3.98. The highest BCUT2D eigenvalue weighted by Crippen LogP contribution is 2.34. The topological polar surface area (TPSA) is 94.8 Å². The fourth-order valence-corrected chi connectivity index (χ4v) is 3.01. The Hall–Kier alpha value is -2.86. The van der Waals surface area contributed by atoms with Crippen molar-refractivity contribution < 1.29 is 24.9 Å². The lowest BCUT2D eigenvalue weighted by Gasteiger charge is -2.12. The van der Waals surface area contributed by atoms with Gasteiger partial charge in [-0.25, -0.2) is 9.59 Å². The van der Waals surface area contributed by atoms with E-state index in [1.807, 2.05) is 24.3 Å². The van der Waals surface area contributed by atoms with E-state index in [-0.39, 0.29) is 16.9 Å². The van der Waals surface area contributed by atoms with Gasteiger partial charge in [0.1, 0.15) is 11.3 Å². The smallest absolute Gasteiger partial charge is 0.339 e. The predicted molar refractivity (Wildman–Crippen MR) is 96.5 cm³/mol. The summed E-state index contributed by atoms with van der Waals surface area (Å²) in [5.41, 5.74) is 1.44. The van der Waals surface area contributed by atoms with E-state index in [0.717, 1.165) is 10.0 Å². The molecule has 0 aliphatic carbocycles. The minimum absolute atomic E-state index is 0.0760. The van der Waals surface area contributed by atoms with E-state index < -0.39 is 11.9 Å². The van der Waals surface area contributed by atoms with Gasteiger partial charge in [-0.1, -0.05) is 28.1 Å². The molecule has 0 saturated heterocycles. The second-order valence-corrected chi connectivity index (χ2v) is 6.52. The lowest BCUT2D eigenvalue weighted by atomic mass is 9.93. The Bertz CT molecular complexity index is 993. The van der Waals surface area contributed by atoms with E-state index in [1.165, 1.54) is 24.3 Å². The molecule has 0 amide bonds. The highest BCUT2D eigenvalue weighted by molar-refractivity contribution is 9.10. The first-order chi connectivity index (χ1) is 11.9. The third-order valence-corrected chi connectivity index (χ3v) is 4.51. The molecule has 0 spiro atoms. The molecule has 126 valence electrons. The van der Waals surface area contributed by atoms with E-state index >= 15 is 0 Å². The van der Waals surface area contributed by atoms with Gasteiger partial charge >= 0.3 is 11.9 Å². The van der Waals surface area contributed by atoms with Gasteiger partial charge in [0.15, 0.2) is 0 Å². The van der Waals surface area contributed by atoms with Crippen LogP contribution in [0.15, 0.2) is 53.0 Å². The second kappa shape index (κ2) is 6.57. The average molecular weight is 401 g/mol. The molecule has 0 bridgehead atoms. The van der Waals surface area contributed by atoms with Crippen molar-refractivity contribution in [2.24, 2.45) is 0 Å². The normalized spacial score (nSPS) is 10.8. The molecule has 3 aromatic rings. The van der Waals surface area contributed by atoms with Crippen LogP contribution >= 0.6 is 15.9 Å². The SMILES string of the molecule is O=C(O)c1ccc2c(O)c(C(=O)O)cc(Cc3ccc(Br)cc3)c2c1. The minimum atomic E-state index is -1.24. The fourth-order valence-electron chi connectivity index (χ4n) is 2.75. The summed E-state index contributed by atoms with van der Waals surface area (Å²) in [5.74, 6) is -2.68. The van der Waals surface area contributed by atoms with Crippen molar-refractivity contribution in [2.45, 2.75) is 6.42 Å². The van der Waals surface area contributed by atoms with Crippen LogP contribution in [0.1, 0.15) is 31.8 Å². The third kappa shape index (κ3) is 3.34. The number of fused-ring (bicyclic) bond motifs is 1. The average Bonchev–Trinajstić information content (AvgIpc) is 2.58. The molecule has 0 aromatic heterocycles. The molecule has 3 aromatic carbocycles. The van der Waals surface area contributed by atoms with E-state index in [1.54, 1.807) is 0 Å². The first-order valence-corrected chi connectivity index (χ1v) is 8.15. The van der Waals surface area contributed by atoms with Crippen LogP contribution in [0.2, 0.25) is 0 Å². The maximum atomic E-state index is 11.4. The number of carboxylic acid groups (broad SMARTS) is 2. The number of carbonyl (C=O) groups is 2. The van der Waals surface area contributed by atoms with Crippen molar-refractivity contribution >= 4 is 38.6 Å². The van der Waals surface area contributed by atoms with Gasteiger partial charge in [0.25, 0.3) is 0 Å². The zero-order valence-electron chi connectivity index (χ0n) is 12.9. The van der Waals surface area contributed by atoms with Gasteiger partial charge in [-0.15, -0.1) is 0 Å². The second-order valence-electron chi connectivity index (χ2n) is 5.61. The maximum absolute atomic E-state index is 11.4. The highest BCUT2D eigenvalue weighted by Gasteiger charge is 2.18. The summed E-state index contributed by atoms with van der Waals surface area (Å²) >= 11 is 3.36. The van der Waals surface area contributed by atoms with Crippen molar-refractivity contribution in [3.8, 4) is 5.75 Å². The molecule has 5 nitrogen and oxygen atoms in total. The zero-order valence-corrected chi connectivity index (χ0v) is 14.4. The summed E-state index contributed by atoms with van der Waals surface area (Å²) < 4.78 is 0.922. The number of hydrogen-bond acceptors (Lipinski definition) is 3. The van der Waals surface area contributed by atoms with E-state index in [9.17, 15) is 24.9 Å². The predicted octanol–water partition coefficient (Wildman–Crippen LogP) is 4.30. The first kappa shape index (κ1) is 17.0. The van der Waals surface area contributed by atoms with Crippen LogP contribution in [0.3, 0.4) is 0 Å². The van der Waals surface area contributed by atoms with Crippen molar-refractivity contribution in [1.82, 2.24) is 0 Å². The Morgan fingerprint density at radius 1 is 0.880 bits per heavy atom. The van der Waals surface area contributed by atoms with Crippen molar-refractivity contribution in [1.29, 1.82) is 0 Å². The molecule has 3 rings (SSSR count). The summed E-state index contributed by atoms with van der Waals surface area (Å²) in [6.07, 6.45) is 0.410. The molecule has 0 atom stereocenters. The maximum Gasteiger partial charge on any atom is 0.339 e. The van der Waals surface area contributed by atoms with Crippen LogP contribution in [0.5, 0.6) is 5.75 Å². The molecule has 0 fully saturated rings. The van der Waals surface area contributed by atoms with Gasteiger partial charge in [-0.05, 0) is 59.3 Å². The number of rotatable bonds is 4. The molecule has 0 heterocycles. The summed E-state index contributed by atoms with van der Waals surface area (Å²) in [4.78, 5) is 22.7. The van der Waals surface area contributed by atoms with E-state index in [4.69, 9.17) is 0 Å². The van der Waals surface area contributed by atoms with Gasteiger partial charge < -0.3 is 15.3 Å². The van der Waals surface area contributed by atoms with Gasteiger partial charge in [0.05, 0.1) is 5.56 Å². The van der Waals surface area contributed by atoms with Crippen molar-refractivity contribution in [3.63, 3.8) is 0 Å². The Kier molecular flexibility index (Phi) is 4.46. The largest absolute Gasteiger partial charge is 0.506 e. The molecule has 0 saturated carbocycles. The van der Waals surface area contributed by atoms with Gasteiger partial charge in [-0.3, -0.25) is 0 Å². The molecule has 0 unspecified atom stereocenters. The van der Waals surface area contributed by atoms with Crippen molar-refractivity contribution in [2.75, 3.05) is 0 Å². The molecule has 0 aliphatic heterocycles. The lowest BCUT2D eigenvalue weighted by molar-refractivity contribution is 0.0684. The summed E-state index contributed by atoms with van der Waals surface area (Å²) in [7, 11) is 0. The molecule has 0 aliphatic rings. The molecule has 0 radical (unpaired) electrons. The van der Waals surface area contributed by atoms with Crippen LogP contribution in [-0.2, 0) is 6.42 Å². The zero-order chi connectivity index (χ0) is 18.1. The van der Waals surface area contributed by atoms with E-state index in [2.05, 4.69) is 15.9 Å². The number of phenols is 1. The molecular formula is C19H13BrO5. The number of aromatic carboxylic acids is 2. The molecule has 6 heteroatoms. The van der Waals surface area contributed by atoms with E-state index in [0.29, 0.717) is 22.8 Å². The Morgan fingerprint density at radius 2 is 1.56 bits per heavy atom.